The molecule has 53 valence electrons. The van der Waals surface area contributed by atoms with E-state index in [9.17, 15) is 0 Å². The Bertz CT molecular complexity index is 95.1. The molecule has 0 amide bonds. The van der Waals surface area contributed by atoms with Crippen molar-refractivity contribution in [2.75, 3.05) is 27.2 Å². The van der Waals surface area contributed by atoms with Gasteiger partial charge >= 0.3 is 0 Å². The second-order valence-corrected chi connectivity index (χ2v) is 4.04. The lowest BCUT2D eigenvalue weighted by Crippen LogP contribution is -2.36. The van der Waals surface area contributed by atoms with E-state index in [0.717, 1.165) is 10.4 Å². The van der Waals surface area contributed by atoms with Gasteiger partial charge in [0, 0.05) is 11.8 Å². The van der Waals surface area contributed by atoms with Crippen molar-refractivity contribution in [2.45, 2.75) is 6.92 Å². The molecule has 0 aliphatic carbocycles. The van der Waals surface area contributed by atoms with Gasteiger partial charge in [-0.1, -0.05) is 6.92 Å². The van der Waals surface area contributed by atoms with Gasteiger partial charge in [0.15, 0.2) is 0 Å². The maximum atomic E-state index is 4.10. The van der Waals surface area contributed by atoms with Crippen molar-refractivity contribution in [2.24, 2.45) is 11.8 Å². The molecule has 0 aromatic rings. The van der Waals surface area contributed by atoms with E-state index in [0.29, 0.717) is 5.92 Å². The Hall–Kier alpha value is -0.0400. The van der Waals surface area contributed by atoms with E-state index in [1.54, 1.807) is 0 Å². The van der Waals surface area contributed by atoms with Crippen molar-refractivity contribution in [3.63, 3.8) is 0 Å². The van der Waals surface area contributed by atoms with E-state index < -0.39 is 0 Å². The van der Waals surface area contributed by atoms with Crippen LogP contribution in [0.3, 0.4) is 0 Å². The average Bonchev–Trinajstić information content (AvgIpc) is 1.79. The number of hydrogen-bond donors (Lipinski definition) is 0. The maximum absolute atomic E-state index is 4.10. The van der Waals surface area contributed by atoms with Gasteiger partial charge in [-0.3, -0.25) is 0 Å². The smallest absolute Gasteiger partial charge is 0.0815 e. The molecule has 0 aromatic heterocycles. The first-order valence-electron chi connectivity index (χ1n) is 3.66. The van der Waals surface area contributed by atoms with Gasteiger partial charge in [0.2, 0.25) is 0 Å². The molecule has 1 aliphatic rings. The molecule has 1 rings (SSSR count). The van der Waals surface area contributed by atoms with Crippen LogP contribution >= 0.6 is 0 Å². The lowest BCUT2D eigenvalue weighted by Gasteiger charge is -2.22. The van der Waals surface area contributed by atoms with E-state index >= 15 is 0 Å². The number of nitrogens with zero attached hydrogens (tertiary/aromatic N) is 1. The molecular weight excluding hydrogens is 110 g/mol. The molecule has 1 aliphatic heterocycles. The van der Waals surface area contributed by atoms with Crippen LogP contribution in [0, 0.1) is 18.8 Å². The second kappa shape index (κ2) is 1.98. The Balaban J connectivity index is 2.54. The Morgan fingerprint density at radius 2 is 1.89 bits per heavy atom. The minimum Gasteiger partial charge on any atom is -0.328 e. The third-order valence-corrected chi connectivity index (χ3v) is 2.32. The minimum atomic E-state index is 0.681. The zero-order chi connectivity index (χ0) is 7.07. The minimum absolute atomic E-state index is 0.681. The molecule has 2 atom stereocenters. The molecule has 1 heterocycles. The molecule has 0 spiro atoms. The summed E-state index contributed by atoms with van der Waals surface area (Å²) in [6.07, 6.45) is 0. The molecule has 0 saturated carbocycles. The maximum Gasteiger partial charge on any atom is 0.0815 e. The molecule has 2 unspecified atom stereocenters. The van der Waals surface area contributed by atoms with Crippen LogP contribution in [0.4, 0.5) is 0 Å². The summed E-state index contributed by atoms with van der Waals surface area (Å²) in [5, 5.41) is 0. The first-order chi connectivity index (χ1) is 4.01. The lowest BCUT2D eigenvalue weighted by atomic mass is 10.0. The van der Waals surface area contributed by atoms with Crippen molar-refractivity contribution in [1.82, 2.24) is 0 Å². The third-order valence-electron chi connectivity index (χ3n) is 2.32. The summed E-state index contributed by atoms with van der Waals surface area (Å²) in [7, 11) is 4.56. The van der Waals surface area contributed by atoms with Crippen molar-refractivity contribution in [1.29, 1.82) is 0 Å². The number of likely N-dealkylation sites (tertiary alicyclic amines) is 1. The van der Waals surface area contributed by atoms with Gasteiger partial charge in [-0.25, -0.2) is 0 Å². The zero-order valence-electron chi connectivity index (χ0n) is 6.72. The fraction of sp³-hybridized carbons (Fsp3) is 0.875. The summed E-state index contributed by atoms with van der Waals surface area (Å²) in [5.74, 6) is 1.50. The van der Waals surface area contributed by atoms with Gasteiger partial charge in [0.05, 0.1) is 27.2 Å². The van der Waals surface area contributed by atoms with Crippen LogP contribution in [0.15, 0.2) is 0 Å². The summed E-state index contributed by atoms with van der Waals surface area (Å²) < 4.78 is 1.16. The molecule has 0 bridgehead atoms. The number of quaternary nitrogens is 1. The molecule has 0 aromatic carbocycles. The normalized spacial score (nSPS) is 41.3. The zero-order valence-corrected chi connectivity index (χ0v) is 6.72. The third kappa shape index (κ3) is 1.45. The van der Waals surface area contributed by atoms with Crippen LogP contribution in [-0.2, 0) is 0 Å². The molecule has 1 radical (unpaired) electrons. The Kier molecular flexibility index (Phi) is 1.55. The van der Waals surface area contributed by atoms with E-state index in [1.807, 2.05) is 0 Å². The quantitative estimate of drug-likeness (QED) is 0.428. The average molecular weight is 127 g/mol. The number of rotatable bonds is 0. The molecule has 1 heteroatoms. The molecule has 1 nitrogen and oxygen atoms in total. The Labute approximate surface area is 58.3 Å². The van der Waals surface area contributed by atoms with Gasteiger partial charge in [-0.2, -0.15) is 0 Å². The highest BCUT2D eigenvalue weighted by Crippen LogP contribution is 2.24. The van der Waals surface area contributed by atoms with Gasteiger partial charge in [-0.15, -0.1) is 0 Å². The highest BCUT2D eigenvalue weighted by molar-refractivity contribution is 4.73. The second-order valence-electron chi connectivity index (χ2n) is 4.04. The van der Waals surface area contributed by atoms with E-state index in [-0.39, 0.29) is 0 Å². The Morgan fingerprint density at radius 3 is 2.00 bits per heavy atom. The van der Waals surface area contributed by atoms with Crippen LogP contribution in [-0.4, -0.2) is 31.7 Å². The molecule has 9 heavy (non-hydrogen) atoms. The van der Waals surface area contributed by atoms with Crippen molar-refractivity contribution >= 4 is 0 Å². The van der Waals surface area contributed by atoms with Crippen LogP contribution in [0.1, 0.15) is 6.92 Å². The predicted molar refractivity (Wildman–Crippen MR) is 39.9 cm³/mol. The predicted octanol–water partition coefficient (Wildman–Crippen LogP) is 1.16. The summed E-state index contributed by atoms with van der Waals surface area (Å²) in [6, 6.07) is 0. The fourth-order valence-corrected chi connectivity index (χ4v) is 1.82. The van der Waals surface area contributed by atoms with Gasteiger partial charge in [0.25, 0.3) is 0 Å². The Morgan fingerprint density at radius 1 is 1.33 bits per heavy atom. The first-order valence-corrected chi connectivity index (χ1v) is 3.66. The SMILES string of the molecule is [CH2]C1C[N+](C)(C)CC1C. The van der Waals surface area contributed by atoms with Gasteiger partial charge < -0.3 is 4.48 Å². The fourth-order valence-electron chi connectivity index (χ4n) is 1.82. The summed E-state index contributed by atoms with van der Waals surface area (Å²) in [4.78, 5) is 0. The van der Waals surface area contributed by atoms with Crippen LogP contribution in [0.2, 0.25) is 0 Å². The molecule has 1 fully saturated rings. The van der Waals surface area contributed by atoms with Crippen molar-refractivity contribution in [3.05, 3.63) is 6.92 Å². The highest BCUT2D eigenvalue weighted by atomic mass is 15.3. The van der Waals surface area contributed by atoms with E-state index in [4.69, 9.17) is 0 Å². The molecular formula is C8H17N+. The van der Waals surface area contributed by atoms with Crippen LogP contribution in [0.5, 0.6) is 0 Å². The van der Waals surface area contributed by atoms with Gasteiger partial charge in [-0.05, 0) is 6.92 Å². The van der Waals surface area contributed by atoms with E-state index in [1.165, 1.54) is 13.1 Å². The highest BCUT2D eigenvalue weighted by Gasteiger charge is 2.33. The van der Waals surface area contributed by atoms with Crippen LogP contribution < -0.4 is 0 Å². The van der Waals surface area contributed by atoms with Crippen molar-refractivity contribution < 1.29 is 4.48 Å². The topological polar surface area (TPSA) is 0 Å². The molecule has 0 N–H and O–H groups in total. The van der Waals surface area contributed by atoms with Crippen molar-refractivity contribution in [3.8, 4) is 0 Å². The standard InChI is InChI=1S/C8H17N/c1-7-5-9(3,4)6-8(7)2/h7-8H,1,5-6H2,2-4H3/q+1. The van der Waals surface area contributed by atoms with Gasteiger partial charge in [0.1, 0.15) is 0 Å². The van der Waals surface area contributed by atoms with Crippen LogP contribution in [0.25, 0.3) is 0 Å². The number of hydrogen-bond acceptors (Lipinski definition) is 0. The summed E-state index contributed by atoms with van der Waals surface area (Å²) in [5.41, 5.74) is 0. The summed E-state index contributed by atoms with van der Waals surface area (Å²) in [6.45, 7) is 8.95. The molecule has 1 saturated heterocycles. The lowest BCUT2D eigenvalue weighted by molar-refractivity contribution is -0.880. The monoisotopic (exact) mass is 127 g/mol. The van der Waals surface area contributed by atoms with E-state index in [2.05, 4.69) is 27.9 Å². The summed E-state index contributed by atoms with van der Waals surface area (Å²) >= 11 is 0. The largest absolute Gasteiger partial charge is 0.328 e. The first kappa shape index (κ1) is 7.07.